The molecule has 0 saturated heterocycles. The van der Waals surface area contributed by atoms with E-state index < -0.39 is 25.6 Å². The molecule has 0 spiro atoms. The molecule has 126 valence electrons. The zero-order valence-electron chi connectivity index (χ0n) is 11.5. The largest absolute Gasteiger partial charge is 0.400 e. The first-order valence-electron chi connectivity index (χ1n) is 4.92. The molecule has 0 atom stereocenters. The van der Waals surface area contributed by atoms with Gasteiger partial charge in [-0.3, -0.25) is 0 Å². The Kier molecular flexibility index (Phi) is 20.4. The summed E-state index contributed by atoms with van der Waals surface area (Å²) in [7, 11) is -1.92. The topological polar surface area (TPSA) is 60.7 Å². The Morgan fingerprint density at radius 1 is 0.714 bits per heavy atom. The molecular formula is C10H17F6HfO3Si-. The monoisotopic (exact) mass is 507 g/mol. The van der Waals surface area contributed by atoms with Gasteiger partial charge in [-0.25, -0.2) is 12.1 Å². The quantitative estimate of drug-likeness (QED) is 0.302. The molecule has 3 nitrogen and oxygen atoms in total. The maximum absolute atomic E-state index is 12.1. The van der Waals surface area contributed by atoms with Gasteiger partial charge in [-0.1, -0.05) is 0 Å². The predicted octanol–water partition coefficient (Wildman–Crippen LogP) is 0.866. The zero-order valence-corrected chi connectivity index (χ0v) is 16.2. The molecule has 0 bridgehead atoms. The predicted molar refractivity (Wildman–Crippen MR) is 65.4 cm³/mol. The molecule has 0 saturated carbocycles. The summed E-state index contributed by atoms with van der Waals surface area (Å²) >= 11 is 0. The normalized spacial score (nSPS) is 9.95. The van der Waals surface area contributed by atoms with E-state index in [1.165, 1.54) is 12.1 Å². The van der Waals surface area contributed by atoms with Gasteiger partial charge in [0.15, 0.2) is 0 Å². The van der Waals surface area contributed by atoms with Crippen molar-refractivity contribution >= 4 is 14.0 Å². The minimum absolute atomic E-state index is 0. The summed E-state index contributed by atoms with van der Waals surface area (Å²) in [5, 5.41) is 20.4. The number of aliphatic hydroxyl groups is 3. The van der Waals surface area contributed by atoms with E-state index in [9.17, 15) is 26.3 Å². The first-order valence-corrected chi connectivity index (χ1v) is 6.65. The van der Waals surface area contributed by atoms with E-state index in [1.807, 2.05) is 0 Å². The smallest absolute Gasteiger partial charge is 0.361 e. The van der Waals surface area contributed by atoms with Gasteiger partial charge < -0.3 is 15.3 Å². The second-order valence-electron chi connectivity index (χ2n) is 2.73. The second kappa shape index (κ2) is 14.8. The van der Waals surface area contributed by atoms with Crippen molar-refractivity contribution in [1.29, 1.82) is 0 Å². The molecule has 11 heteroatoms. The SMILES string of the molecule is CO.CO.CO.FC(F)(F)[SiH]([c-]1cccc1)C(F)(F)F.[Hf]. The van der Waals surface area contributed by atoms with Gasteiger partial charge in [-0.2, -0.15) is 38.5 Å². The van der Waals surface area contributed by atoms with Crippen molar-refractivity contribution in [3.63, 3.8) is 0 Å². The Balaban J connectivity index is -0.000000183. The minimum atomic E-state index is -5.16. The molecule has 21 heavy (non-hydrogen) atoms. The number of hydrogen-bond acceptors (Lipinski definition) is 3. The van der Waals surface area contributed by atoms with Crippen LogP contribution in [0.15, 0.2) is 24.3 Å². The summed E-state index contributed by atoms with van der Waals surface area (Å²) in [5.41, 5.74) is 0. The third kappa shape index (κ3) is 12.2. The van der Waals surface area contributed by atoms with Crippen LogP contribution in [0.25, 0.3) is 0 Å². The number of aliphatic hydroxyl groups excluding tert-OH is 3. The molecule has 0 unspecified atom stereocenters. The number of alkyl halides is 6. The third-order valence-corrected chi connectivity index (χ3v) is 4.04. The van der Waals surface area contributed by atoms with E-state index in [0.29, 0.717) is 0 Å². The molecule has 0 heterocycles. The molecule has 3 N–H and O–H groups in total. The van der Waals surface area contributed by atoms with Crippen LogP contribution in [0, 0.1) is 0 Å². The van der Waals surface area contributed by atoms with Gasteiger partial charge in [0.1, 0.15) is 0 Å². The molecule has 1 rings (SSSR count). The summed E-state index contributed by atoms with van der Waals surface area (Å²) in [6.45, 7) is 0. The van der Waals surface area contributed by atoms with Gasteiger partial charge in [0.05, 0.1) is 0 Å². The van der Waals surface area contributed by atoms with Gasteiger partial charge in [-0.15, -0.1) is 5.19 Å². The molecule has 0 radical (unpaired) electrons. The van der Waals surface area contributed by atoms with Crippen LogP contribution in [-0.4, -0.2) is 57.0 Å². The van der Waals surface area contributed by atoms with Crippen LogP contribution < -0.4 is 5.19 Å². The van der Waals surface area contributed by atoms with Crippen LogP contribution >= 0.6 is 0 Å². The van der Waals surface area contributed by atoms with Crippen LogP contribution in [0.5, 0.6) is 0 Å². The standard InChI is InChI=1S/C7H5F6Si.3CH4O.Hf/c8-6(9,10)14(7(11,12)13)5-3-1-2-4-5;3*1-2;/h1-4,14H;3*2H,1H3;/q-1;;;;. The Morgan fingerprint density at radius 2 is 0.952 bits per heavy atom. The summed E-state index contributed by atoms with van der Waals surface area (Å²) in [6.07, 6.45) is 0. The van der Waals surface area contributed by atoms with Crippen molar-refractivity contribution < 1.29 is 67.5 Å². The molecule has 1 aromatic rings. The Hall–Kier alpha value is -0.103. The summed E-state index contributed by atoms with van der Waals surface area (Å²) in [6, 6.07) is 4.09. The fourth-order valence-electron chi connectivity index (χ4n) is 1.14. The minimum Gasteiger partial charge on any atom is -0.400 e. The molecule has 0 fully saturated rings. The molecule has 0 aliphatic heterocycles. The second-order valence-corrected chi connectivity index (χ2v) is 5.58. The van der Waals surface area contributed by atoms with Crippen LogP contribution in [0.2, 0.25) is 0 Å². The first kappa shape index (κ1) is 29.0. The number of hydrogen-bond donors (Lipinski definition) is 3. The Labute approximate surface area is 139 Å². The molecular weight excluding hydrogens is 489 g/mol. The number of rotatable bonds is 1. The maximum Gasteiger partial charge on any atom is 0.361 e. The molecule has 0 aromatic heterocycles. The van der Waals surface area contributed by atoms with Crippen molar-refractivity contribution in [1.82, 2.24) is 0 Å². The van der Waals surface area contributed by atoms with Crippen LogP contribution in [0.1, 0.15) is 0 Å². The fourth-order valence-corrected chi connectivity index (χ4v) is 2.88. The zero-order chi connectivity index (χ0) is 17.0. The first-order chi connectivity index (χ1) is 9.23. The molecule has 0 aliphatic rings. The van der Waals surface area contributed by atoms with Crippen molar-refractivity contribution in [3.05, 3.63) is 24.3 Å². The van der Waals surface area contributed by atoms with E-state index >= 15 is 0 Å². The van der Waals surface area contributed by atoms with E-state index in [1.54, 1.807) is 0 Å². The summed E-state index contributed by atoms with van der Waals surface area (Å²) in [4.78, 5) is 0. The average molecular weight is 506 g/mol. The van der Waals surface area contributed by atoms with Crippen molar-refractivity contribution in [2.75, 3.05) is 21.3 Å². The molecule has 0 aliphatic carbocycles. The van der Waals surface area contributed by atoms with Gasteiger partial charge >= 0.3 is 11.6 Å². The van der Waals surface area contributed by atoms with Crippen molar-refractivity contribution in [2.45, 2.75) is 11.6 Å². The van der Waals surface area contributed by atoms with Crippen LogP contribution in [0.4, 0.5) is 26.3 Å². The van der Waals surface area contributed by atoms with Gasteiger partial charge in [0.25, 0.3) is 8.80 Å². The Morgan fingerprint density at radius 3 is 1.14 bits per heavy atom. The molecule has 1 aromatic carbocycles. The van der Waals surface area contributed by atoms with Gasteiger partial charge in [-0.05, 0) is 0 Å². The van der Waals surface area contributed by atoms with E-state index in [2.05, 4.69) is 0 Å². The molecule has 0 amide bonds. The maximum atomic E-state index is 12.1. The van der Waals surface area contributed by atoms with Crippen LogP contribution in [0.3, 0.4) is 0 Å². The van der Waals surface area contributed by atoms with Crippen molar-refractivity contribution in [2.24, 2.45) is 0 Å². The average Bonchev–Trinajstić information content (AvgIpc) is 2.86. The van der Waals surface area contributed by atoms with Gasteiger partial charge in [0, 0.05) is 47.2 Å². The van der Waals surface area contributed by atoms with E-state index in [0.717, 1.165) is 33.5 Å². The van der Waals surface area contributed by atoms with E-state index in [4.69, 9.17) is 15.3 Å². The van der Waals surface area contributed by atoms with Crippen molar-refractivity contribution in [3.8, 4) is 0 Å². The Bertz CT molecular complexity index is 289. The van der Waals surface area contributed by atoms with Gasteiger partial charge in [0.2, 0.25) is 0 Å². The third-order valence-electron chi connectivity index (χ3n) is 1.68. The van der Waals surface area contributed by atoms with Crippen LogP contribution in [-0.2, 0) is 25.8 Å². The number of halogens is 6. The summed E-state index contributed by atoms with van der Waals surface area (Å²) in [5.74, 6) is -10.3. The fraction of sp³-hybridized carbons (Fsp3) is 0.500. The summed E-state index contributed by atoms with van der Waals surface area (Å²) < 4.78 is 72.7. The van der Waals surface area contributed by atoms with E-state index in [-0.39, 0.29) is 25.8 Å².